The van der Waals surface area contributed by atoms with Crippen LogP contribution in [0.5, 0.6) is 0 Å². The number of nitrogens with one attached hydrogen (secondary N) is 1. The van der Waals surface area contributed by atoms with E-state index in [-0.39, 0.29) is 18.9 Å². The lowest BCUT2D eigenvalue weighted by Crippen LogP contribution is -2.61. The average Bonchev–Trinajstić information content (AvgIpc) is 2.77. The molecule has 0 radical (unpaired) electrons. The van der Waals surface area contributed by atoms with E-state index in [0.29, 0.717) is 25.9 Å². The van der Waals surface area contributed by atoms with Gasteiger partial charge in [-0.2, -0.15) is 0 Å². The van der Waals surface area contributed by atoms with Gasteiger partial charge in [0.05, 0.1) is 18.6 Å². The molecule has 1 saturated carbocycles. The van der Waals surface area contributed by atoms with E-state index < -0.39 is 17.0 Å². The van der Waals surface area contributed by atoms with Crippen molar-refractivity contribution in [1.29, 1.82) is 0 Å². The number of carboxylic acids is 1. The molecule has 1 unspecified atom stereocenters. The summed E-state index contributed by atoms with van der Waals surface area (Å²) in [5, 5.41) is 12.0. The lowest BCUT2D eigenvalue weighted by atomic mass is 9.78. The van der Waals surface area contributed by atoms with Crippen LogP contribution in [-0.2, 0) is 14.3 Å². The summed E-state index contributed by atoms with van der Waals surface area (Å²) >= 11 is 0. The van der Waals surface area contributed by atoms with Crippen LogP contribution in [0, 0.1) is 0 Å². The summed E-state index contributed by atoms with van der Waals surface area (Å²) in [5.41, 5.74) is 4.40. The molecule has 1 heterocycles. The van der Waals surface area contributed by atoms with Crippen LogP contribution in [0.4, 0.5) is 0 Å². The molecule has 1 aliphatic heterocycles. The third kappa shape index (κ3) is 3.25. The molecule has 108 valence electrons. The molecule has 0 bridgehead atoms. The highest BCUT2D eigenvalue weighted by atomic mass is 16.5. The molecule has 0 spiro atoms. The number of amides is 1. The molecule has 1 aliphatic carbocycles. The zero-order chi connectivity index (χ0) is 13.9. The summed E-state index contributed by atoms with van der Waals surface area (Å²) < 4.78 is 5.18. The molecule has 1 atom stereocenters. The minimum absolute atomic E-state index is 0.0321. The van der Waals surface area contributed by atoms with Gasteiger partial charge in [-0.25, -0.2) is 0 Å². The molecular formula is C13H22N2O4. The topological polar surface area (TPSA) is 102 Å². The van der Waals surface area contributed by atoms with Crippen LogP contribution >= 0.6 is 0 Å². The minimum Gasteiger partial charge on any atom is -0.481 e. The molecule has 2 aliphatic rings. The van der Waals surface area contributed by atoms with Crippen LogP contribution in [0.15, 0.2) is 0 Å². The third-order valence-electron chi connectivity index (χ3n) is 4.18. The maximum Gasteiger partial charge on any atom is 0.305 e. The SMILES string of the molecule is NC1(C(=O)NC2(CC(=O)O)CCCCC2)CCOC1. The van der Waals surface area contributed by atoms with Gasteiger partial charge >= 0.3 is 5.97 Å². The zero-order valence-electron chi connectivity index (χ0n) is 11.1. The number of nitrogens with two attached hydrogens (primary N) is 1. The fourth-order valence-electron chi connectivity index (χ4n) is 2.99. The predicted octanol–water partition coefficient (Wildman–Crippen LogP) is 0.398. The van der Waals surface area contributed by atoms with Crippen molar-refractivity contribution < 1.29 is 19.4 Å². The van der Waals surface area contributed by atoms with Gasteiger partial charge in [-0.3, -0.25) is 9.59 Å². The quantitative estimate of drug-likeness (QED) is 0.686. The fourth-order valence-corrected chi connectivity index (χ4v) is 2.99. The lowest BCUT2D eigenvalue weighted by molar-refractivity contribution is -0.140. The molecule has 1 amide bonds. The Labute approximate surface area is 112 Å². The van der Waals surface area contributed by atoms with E-state index in [1.54, 1.807) is 0 Å². The van der Waals surface area contributed by atoms with E-state index in [1.165, 1.54) is 0 Å². The van der Waals surface area contributed by atoms with Crippen LogP contribution in [0.3, 0.4) is 0 Å². The molecule has 0 aromatic heterocycles. The Balaban J connectivity index is 2.06. The van der Waals surface area contributed by atoms with Crippen molar-refractivity contribution in [2.24, 2.45) is 5.73 Å². The number of rotatable bonds is 4. The Kier molecular flexibility index (Phi) is 4.10. The van der Waals surface area contributed by atoms with Gasteiger partial charge in [0.1, 0.15) is 5.54 Å². The van der Waals surface area contributed by atoms with Crippen molar-refractivity contribution >= 4 is 11.9 Å². The smallest absolute Gasteiger partial charge is 0.305 e. The van der Waals surface area contributed by atoms with E-state index in [4.69, 9.17) is 15.6 Å². The molecule has 1 saturated heterocycles. The van der Waals surface area contributed by atoms with Crippen molar-refractivity contribution in [3.63, 3.8) is 0 Å². The van der Waals surface area contributed by atoms with Crippen molar-refractivity contribution in [1.82, 2.24) is 5.32 Å². The van der Waals surface area contributed by atoms with Crippen LogP contribution < -0.4 is 11.1 Å². The highest BCUT2D eigenvalue weighted by Crippen LogP contribution is 2.32. The van der Waals surface area contributed by atoms with Gasteiger partial charge in [0.25, 0.3) is 0 Å². The highest BCUT2D eigenvalue weighted by Gasteiger charge is 2.43. The molecular weight excluding hydrogens is 248 g/mol. The van der Waals surface area contributed by atoms with Crippen molar-refractivity contribution in [3.05, 3.63) is 0 Å². The van der Waals surface area contributed by atoms with Gasteiger partial charge in [-0.15, -0.1) is 0 Å². The molecule has 6 nitrogen and oxygen atoms in total. The molecule has 2 rings (SSSR count). The van der Waals surface area contributed by atoms with Gasteiger partial charge < -0.3 is 20.9 Å². The van der Waals surface area contributed by atoms with Crippen molar-refractivity contribution in [2.45, 2.75) is 56.0 Å². The number of carbonyl (C=O) groups is 2. The Hall–Kier alpha value is -1.14. The highest BCUT2D eigenvalue weighted by molar-refractivity contribution is 5.87. The normalized spacial score (nSPS) is 29.9. The molecule has 6 heteroatoms. The number of carboxylic acid groups (broad SMARTS) is 1. The Morgan fingerprint density at radius 3 is 2.42 bits per heavy atom. The minimum atomic E-state index is -0.997. The van der Waals surface area contributed by atoms with Crippen LogP contribution in [0.2, 0.25) is 0 Å². The van der Waals surface area contributed by atoms with Crippen molar-refractivity contribution in [2.75, 3.05) is 13.2 Å². The zero-order valence-corrected chi connectivity index (χ0v) is 11.1. The maximum absolute atomic E-state index is 12.3. The first-order valence-electron chi connectivity index (χ1n) is 6.87. The van der Waals surface area contributed by atoms with E-state index in [1.807, 2.05) is 0 Å². The summed E-state index contributed by atoms with van der Waals surface area (Å²) in [5.74, 6) is -1.15. The third-order valence-corrected chi connectivity index (χ3v) is 4.18. The summed E-state index contributed by atoms with van der Waals surface area (Å²) in [6.45, 7) is 0.692. The fraction of sp³-hybridized carbons (Fsp3) is 0.846. The largest absolute Gasteiger partial charge is 0.481 e. The van der Waals surface area contributed by atoms with Crippen LogP contribution in [-0.4, -0.2) is 41.3 Å². The number of aliphatic carboxylic acids is 1. The van der Waals surface area contributed by atoms with Gasteiger partial charge in [-0.05, 0) is 19.3 Å². The predicted molar refractivity (Wildman–Crippen MR) is 68.6 cm³/mol. The first-order chi connectivity index (χ1) is 8.96. The lowest BCUT2D eigenvalue weighted by Gasteiger charge is -2.39. The second-order valence-corrected chi connectivity index (χ2v) is 5.82. The van der Waals surface area contributed by atoms with E-state index in [0.717, 1.165) is 19.3 Å². The first-order valence-corrected chi connectivity index (χ1v) is 6.87. The van der Waals surface area contributed by atoms with E-state index in [2.05, 4.69) is 5.32 Å². The average molecular weight is 270 g/mol. The first kappa shape index (κ1) is 14.3. The molecule has 19 heavy (non-hydrogen) atoms. The van der Waals surface area contributed by atoms with Gasteiger partial charge in [0.2, 0.25) is 5.91 Å². The summed E-state index contributed by atoms with van der Waals surface area (Å²) in [4.78, 5) is 23.4. The number of hydrogen-bond donors (Lipinski definition) is 3. The van der Waals surface area contributed by atoms with Gasteiger partial charge in [-0.1, -0.05) is 19.3 Å². The molecule has 2 fully saturated rings. The summed E-state index contributed by atoms with van der Waals surface area (Å²) in [7, 11) is 0. The molecule has 0 aromatic carbocycles. The van der Waals surface area contributed by atoms with Gasteiger partial charge in [0.15, 0.2) is 0 Å². The molecule has 4 N–H and O–H groups in total. The molecule has 0 aromatic rings. The van der Waals surface area contributed by atoms with Crippen molar-refractivity contribution in [3.8, 4) is 0 Å². The number of hydrogen-bond acceptors (Lipinski definition) is 4. The van der Waals surface area contributed by atoms with Gasteiger partial charge in [0, 0.05) is 6.61 Å². The Bertz CT molecular complexity index is 358. The number of ether oxygens (including phenoxy) is 1. The second-order valence-electron chi connectivity index (χ2n) is 5.82. The summed E-state index contributed by atoms with van der Waals surface area (Å²) in [6.07, 6.45) is 4.86. The Morgan fingerprint density at radius 2 is 1.89 bits per heavy atom. The van der Waals surface area contributed by atoms with E-state index in [9.17, 15) is 9.59 Å². The number of carbonyl (C=O) groups excluding carboxylic acids is 1. The Morgan fingerprint density at radius 1 is 1.21 bits per heavy atom. The standard InChI is InChI=1S/C13H22N2O4/c14-13(6-7-19-9-13)11(18)15-12(8-10(16)17)4-2-1-3-5-12/h1-9,14H2,(H,15,18)(H,16,17). The maximum atomic E-state index is 12.3. The van der Waals surface area contributed by atoms with Crippen LogP contribution in [0.1, 0.15) is 44.9 Å². The second kappa shape index (κ2) is 5.46. The summed E-state index contributed by atoms with van der Waals surface area (Å²) in [6, 6.07) is 0. The monoisotopic (exact) mass is 270 g/mol. The van der Waals surface area contributed by atoms with E-state index >= 15 is 0 Å². The van der Waals surface area contributed by atoms with Crippen LogP contribution in [0.25, 0.3) is 0 Å².